The molecule has 2 N–H and O–H groups in total. The lowest BCUT2D eigenvalue weighted by Crippen LogP contribution is -2.21. The van der Waals surface area contributed by atoms with Crippen LogP contribution in [0.3, 0.4) is 0 Å². The largest absolute Gasteiger partial charge is 0.399 e. The highest BCUT2D eigenvalue weighted by atomic mass is 35.5. The number of nitrogen functional groups attached to an aromatic ring is 1. The SMILES string of the molecule is Nc1ccc(Cl)c(C(=O)CC2CSC2)c1. The molecule has 0 saturated carbocycles. The molecule has 0 unspecified atom stereocenters. The molecule has 1 aromatic rings. The van der Waals surface area contributed by atoms with Crippen LogP contribution in [0.2, 0.25) is 5.02 Å². The van der Waals surface area contributed by atoms with Crippen molar-refractivity contribution in [3.63, 3.8) is 0 Å². The summed E-state index contributed by atoms with van der Waals surface area (Å²) in [6.07, 6.45) is 0.593. The van der Waals surface area contributed by atoms with Gasteiger partial charge in [-0.15, -0.1) is 0 Å². The van der Waals surface area contributed by atoms with E-state index in [1.165, 1.54) is 0 Å². The standard InChI is InChI=1S/C11H12ClNOS/c12-10-2-1-8(13)4-9(10)11(14)3-7-5-15-6-7/h1-2,4,7H,3,5-6,13H2. The Morgan fingerprint density at radius 3 is 2.87 bits per heavy atom. The van der Waals surface area contributed by atoms with Gasteiger partial charge in [-0.05, 0) is 35.6 Å². The maximum atomic E-state index is 11.9. The monoisotopic (exact) mass is 241 g/mol. The zero-order chi connectivity index (χ0) is 10.8. The van der Waals surface area contributed by atoms with Gasteiger partial charge in [-0.1, -0.05) is 11.6 Å². The van der Waals surface area contributed by atoms with E-state index < -0.39 is 0 Å². The Balaban J connectivity index is 2.12. The third-order valence-corrected chi connectivity index (χ3v) is 4.22. The van der Waals surface area contributed by atoms with Crippen molar-refractivity contribution in [3.05, 3.63) is 28.8 Å². The van der Waals surface area contributed by atoms with E-state index in [-0.39, 0.29) is 5.78 Å². The smallest absolute Gasteiger partial charge is 0.164 e. The van der Waals surface area contributed by atoms with Crippen molar-refractivity contribution < 1.29 is 4.79 Å². The predicted molar refractivity (Wildman–Crippen MR) is 65.6 cm³/mol. The van der Waals surface area contributed by atoms with Gasteiger partial charge in [0.2, 0.25) is 0 Å². The first-order valence-electron chi connectivity index (χ1n) is 4.83. The summed E-state index contributed by atoms with van der Waals surface area (Å²) >= 11 is 7.83. The molecule has 0 aliphatic carbocycles. The molecule has 0 amide bonds. The van der Waals surface area contributed by atoms with Gasteiger partial charge in [0.1, 0.15) is 0 Å². The lowest BCUT2D eigenvalue weighted by molar-refractivity contribution is 0.0967. The summed E-state index contributed by atoms with van der Waals surface area (Å²) in [4.78, 5) is 11.9. The van der Waals surface area contributed by atoms with E-state index in [0.29, 0.717) is 28.6 Å². The average Bonchev–Trinajstić information content (AvgIpc) is 2.15. The second-order valence-corrected chi connectivity index (χ2v) is 5.25. The Morgan fingerprint density at radius 1 is 1.53 bits per heavy atom. The van der Waals surface area contributed by atoms with E-state index in [4.69, 9.17) is 17.3 Å². The molecule has 0 aromatic heterocycles. The van der Waals surface area contributed by atoms with Crippen LogP contribution < -0.4 is 5.73 Å². The first-order chi connectivity index (χ1) is 7.16. The third kappa shape index (κ3) is 2.47. The molecule has 1 aliphatic heterocycles. The number of Topliss-reactive ketones (excluding diaryl/α,β-unsaturated/α-hetero) is 1. The van der Waals surface area contributed by atoms with Crippen molar-refractivity contribution in [1.82, 2.24) is 0 Å². The molecule has 2 rings (SSSR count). The third-order valence-electron chi connectivity index (χ3n) is 2.47. The number of benzene rings is 1. The van der Waals surface area contributed by atoms with Crippen LogP contribution in [0.5, 0.6) is 0 Å². The number of carbonyl (C=O) groups is 1. The zero-order valence-corrected chi connectivity index (χ0v) is 9.77. The fourth-order valence-corrected chi connectivity index (χ4v) is 2.56. The zero-order valence-electron chi connectivity index (χ0n) is 8.20. The number of carbonyl (C=O) groups excluding carboxylic acids is 1. The Morgan fingerprint density at radius 2 is 2.27 bits per heavy atom. The Hall–Kier alpha value is -0.670. The molecule has 1 saturated heterocycles. The Kier molecular flexibility index (Phi) is 3.22. The van der Waals surface area contributed by atoms with Gasteiger partial charge in [0, 0.05) is 17.7 Å². The van der Waals surface area contributed by atoms with Crippen LogP contribution in [-0.4, -0.2) is 17.3 Å². The predicted octanol–water partition coefficient (Wildman–Crippen LogP) is 2.86. The molecule has 80 valence electrons. The van der Waals surface area contributed by atoms with Gasteiger partial charge >= 0.3 is 0 Å². The van der Waals surface area contributed by atoms with Crippen molar-refractivity contribution in [1.29, 1.82) is 0 Å². The fraction of sp³-hybridized carbons (Fsp3) is 0.364. The highest BCUT2D eigenvalue weighted by molar-refractivity contribution is 8.00. The summed E-state index contributed by atoms with van der Waals surface area (Å²) in [5.74, 6) is 2.81. The molecule has 0 bridgehead atoms. The summed E-state index contributed by atoms with van der Waals surface area (Å²) in [6.45, 7) is 0. The molecule has 1 fully saturated rings. The average molecular weight is 242 g/mol. The minimum atomic E-state index is 0.109. The van der Waals surface area contributed by atoms with Crippen LogP contribution in [-0.2, 0) is 0 Å². The summed E-state index contributed by atoms with van der Waals surface area (Å²) in [7, 11) is 0. The van der Waals surface area contributed by atoms with Gasteiger partial charge in [-0.3, -0.25) is 4.79 Å². The highest BCUT2D eigenvalue weighted by Gasteiger charge is 2.23. The summed E-state index contributed by atoms with van der Waals surface area (Å²) in [5, 5.41) is 0.501. The number of hydrogen-bond acceptors (Lipinski definition) is 3. The van der Waals surface area contributed by atoms with Crippen LogP contribution in [0.1, 0.15) is 16.8 Å². The van der Waals surface area contributed by atoms with E-state index in [1.54, 1.807) is 18.2 Å². The second kappa shape index (κ2) is 4.45. The number of nitrogens with two attached hydrogens (primary N) is 1. The van der Waals surface area contributed by atoms with Crippen molar-refractivity contribution >= 4 is 34.8 Å². The maximum absolute atomic E-state index is 11.9. The number of hydrogen-bond donors (Lipinski definition) is 1. The lowest BCUT2D eigenvalue weighted by Gasteiger charge is -2.24. The lowest BCUT2D eigenvalue weighted by atomic mass is 10.00. The van der Waals surface area contributed by atoms with E-state index in [0.717, 1.165) is 11.5 Å². The number of rotatable bonds is 3. The van der Waals surface area contributed by atoms with Gasteiger partial charge < -0.3 is 5.73 Å². The molecular weight excluding hydrogens is 230 g/mol. The van der Waals surface area contributed by atoms with Crippen molar-refractivity contribution in [2.75, 3.05) is 17.2 Å². The molecule has 1 aromatic carbocycles. The molecule has 1 aliphatic rings. The van der Waals surface area contributed by atoms with Crippen molar-refractivity contribution in [3.8, 4) is 0 Å². The number of halogens is 1. The minimum absolute atomic E-state index is 0.109. The van der Waals surface area contributed by atoms with Gasteiger partial charge in [0.05, 0.1) is 5.02 Å². The Labute approximate surface area is 98.2 Å². The highest BCUT2D eigenvalue weighted by Crippen LogP contribution is 2.30. The van der Waals surface area contributed by atoms with Crippen molar-refractivity contribution in [2.24, 2.45) is 5.92 Å². The van der Waals surface area contributed by atoms with Gasteiger partial charge in [-0.2, -0.15) is 11.8 Å². The summed E-state index contributed by atoms with van der Waals surface area (Å²) in [5.41, 5.74) is 6.78. The summed E-state index contributed by atoms with van der Waals surface area (Å²) in [6, 6.07) is 5.05. The van der Waals surface area contributed by atoms with Crippen LogP contribution in [0.4, 0.5) is 5.69 Å². The quantitative estimate of drug-likeness (QED) is 0.654. The summed E-state index contributed by atoms with van der Waals surface area (Å²) < 4.78 is 0. The molecule has 1 heterocycles. The van der Waals surface area contributed by atoms with Gasteiger partial charge in [0.15, 0.2) is 5.78 Å². The molecule has 2 nitrogen and oxygen atoms in total. The van der Waals surface area contributed by atoms with Gasteiger partial charge in [-0.25, -0.2) is 0 Å². The molecule has 15 heavy (non-hydrogen) atoms. The van der Waals surface area contributed by atoms with E-state index in [1.807, 2.05) is 11.8 Å². The van der Waals surface area contributed by atoms with Crippen LogP contribution >= 0.6 is 23.4 Å². The normalized spacial score (nSPS) is 16.1. The van der Waals surface area contributed by atoms with E-state index in [9.17, 15) is 4.79 Å². The van der Waals surface area contributed by atoms with Crippen LogP contribution in [0.15, 0.2) is 18.2 Å². The molecular formula is C11H12ClNOS. The number of ketones is 1. The minimum Gasteiger partial charge on any atom is -0.399 e. The van der Waals surface area contributed by atoms with E-state index in [2.05, 4.69) is 0 Å². The Bertz CT molecular complexity index is 390. The first-order valence-corrected chi connectivity index (χ1v) is 6.36. The topological polar surface area (TPSA) is 43.1 Å². The number of anilines is 1. The van der Waals surface area contributed by atoms with Gasteiger partial charge in [0.25, 0.3) is 0 Å². The molecule has 4 heteroatoms. The molecule has 0 spiro atoms. The van der Waals surface area contributed by atoms with E-state index >= 15 is 0 Å². The molecule has 0 atom stereocenters. The fourth-order valence-electron chi connectivity index (χ4n) is 1.53. The number of thioether (sulfide) groups is 1. The van der Waals surface area contributed by atoms with Crippen molar-refractivity contribution in [2.45, 2.75) is 6.42 Å². The van der Waals surface area contributed by atoms with Crippen LogP contribution in [0, 0.1) is 5.92 Å². The van der Waals surface area contributed by atoms with Crippen LogP contribution in [0.25, 0.3) is 0 Å². The maximum Gasteiger partial charge on any atom is 0.164 e. The first kappa shape index (κ1) is 10.8. The second-order valence-electron chi connectivity index (χ2n) is 3.77. The molecule has 0 radical (unpaired) electrons.